The van der Waals surface area contributed by atoms with Gasteiger partial charge in [0.2, 0.25) is 0 Å². The number of nitrogens with one attached hydrogen (secondary N) is 1. The van der Waals surface area contributed by atoms with Crippen LogP contribution in [-0.4, -0.2) is 30.6 Å². The van der Waals surface area contributed by atoms with Gasteiger partial charge in [0.15, 0.2) is 0 Å². The van der Waals surface area contributed by atoms with Crippen LogP contribution < -0.4 is 5.32 Å². The maximum atomic E-state index is 6.20. The van der Waals surface area contributed by atoms with E-state index < -0.39 is 0 Å². The molecule has 100 valence electrons. The lowest BCUT2D eigenvalue weighted by atomic mass is 10.0. The van der Waals surface area contributed by atoms with E-state index in [2.05, 4.69) is 39.1 Å². The molecule has 2 nitrogen and oxygen atoms in total. The van der Waals surface area contributed by atoms with Crippen molar-refractivity contribution in [1.29, 1.82) is 0 Å². The number of halogens is 2. The standard InChI is InChI=1S/C14H20BrClN2/c1-2-7-18-8-5-12(6-9-18)17-14-10-11(15)3-4-13(14)16/h3-4,10,12,17H,2,5-9H2,1H3. The van der Waals surface area contributed by atoms with Gasteiger partial charge in [-0.1, -0.05) is 34.5 Å². The minimum Gasteiger partial charge on any atom is -0.381 e. The molecule has 0 radical (unpaired) electrons. The number of hydrogen-bond donors (Lipinski definition) is 1. The molecular weight excluding hydrogens is 312 g/mol. The molecule has 0 aliphatic carbocycles. The zero-order valence-electron chi connectivity index (χ0n) is 10.8. The lowest BCUT2D eigenvalue weighted by molar-refractivity contribution is 0.219. The molecule has 2 rings (SSSR count). The second-order valence-electron chi connectivity index (χ2n) is 4.88. The SMILES string of the molecule is CCCN1CCC(Nc2cc(Br)ccc2Cl)CC1. The van der Waals surface area contributed by atoms with Crippen LogP contribution >= 0.6 is 27.5 Å². The van der Waals surface area contributed by atoms with Crippen LogP contribution in [0.5, 0.6) is 0 Å². The number of rotatable bonds is 4. The van der Waals surface area contributed by atoms with Crippen molar-refractivity contribution in [3.8, 4) is 0 Å². The van der Waals surface area contributed by atoms with Gasteiger partial charge in [-0.2, -0.15) is 0 Å². The summed E-state index contributed by atoms with van der Waals surface area (Å²) in [5.74, 6) is 0. The molecule has 1 aliphatic heterocycles. The fourth-order valence-electron chi connectivity index (χ4n) is 2.45. The number of nitrogens with zero attached hydrogens (tertiary/aromatic N) is 1. The molecular formula is C14H20BrClN2. The molecule has 0 saturated carbocycles. The molecule has 0 atom stereocenters. The summed E-state index contributed by atoms with van der Waals surface area (Å²) in [6.07, 6.45) is 3.64. The van der Waals surface area contributed by atoms with Crippen molar-refractivity contribution in [3.63, 3.8) is 0 Å². The van der Waals surface area contributed by atoms with Crippen molar-refractivity contribution in [2.75, 3.05) is 25.0 Å². The molecule has 1 aliphatic rings. The number of anilines is 1. The van der Waals surface area contributed by atoms with E-state index in [1.807, 2.05) is 12.1 Å². The molecule has 0 amide bonds. The Morgan fingerprint density at radius 3 is 2.78 bits per heavy atom. The summed E-state index contributed by atoms with van der Waals surface area (Å²) in [7, 11) is 0. The Kier molecular flexibility index (Phi) is 5.34. The van der Waals surface area contributed by atoms with Gasteiger partial charge in [0.05, 0.1) is 10.7 Å². The Hall–Kier alpha value is -0.250. The highest BCUT2D eigenvalue weighted by Gasteiger charge is 2.18. The van der Waals surface area contributed by atoms with Crippen LogP contribution in [0.1, 0.15) is 26.2 Å². The highest BCUT2D eigenvalue weighted by Crippen LogP contribution is 2.27. The minimum absolute atomic E-state index is 0.546. The van der Waals surface area contributed by atoms with Gasteiger partial charge in [0, 0.05) is 23.6 Å². The summed E-state index contributed by atoms with van der Waals surface area (Å²) in [6, 6.07) is 6.50. The van der Waals surface area contributed by atoms with E-state index >= 15 is 0 Å². The fourth-order valence-corrected chi connectivity index (χ4v) is 2.98. The summed E-state index contributed by atoms with van der Waals surface area (Å²) < 4.78 is 1.07. The molecule has 1 N–H and O–H groups in total. The maximum Gasteiger partial charge on any atom is 0.0638 e. The van der Waals surface area contributed by atoms with E-state index in [0.717, 1.165) is 15.2 Å². The Labute approximate surface area is 123 Å². The first kappa shape index (κ1) is 14.2. The molecule has 1 heterocycles. The molecule has 1 aromatic carbocycles. The van der Waals surface area contributed by atoms with E-state index in [0.29, 0.717) is 6.04 Å². The van der Waals surface area contributed by atoms with Crippen molar-refractivity contribution < 1.29 is 0 Å². The van der Waals surface area contributed by atoms with Crippen LogP contribution in [0.25, 0.3) is 0 Å². The third-order valence-corrected chi connectivity index (χ3v) is 4.24. The minimum atomic E-state index is 0.546. The van der Waals surface area contributed by atoms with Gasteiger partial charge in [-0.15, -0.1) is 0 Å². The molecule has 1 saturated heterocycles. The van der Waals surface area contributed by atoms with Crippen LogP contribution in [0.2, 0.25) is 5.02 Å². The highest BCUT2D eigenvalue weighted by molar-refractivity contribution is 9.10. The van der Waals surface area contributed by atoms with Gasteiger partial charge in [-0.05, 0) is 44.0 Å². The van der Waals surface area contributed by atoms with Gasteiger partial charge in [0.1, 0.15) is 0 Å². The fraction of sp³-hybridized carbons (Fsp3) is 0.571. The second kappa shape index (κ2) is 6.78. The first-order chi connectivity index (χ1) is 8.69. The summed E-state index contributed by atoms with van der Waals surface area (Å²) in [5.41, 5.74) is 1.04. The number of likely N-dealkylation sites (tertiary alicyclic amines) is 1. The maximum absolute atomic E-state index is 6.20. The normalized spacial score (nSPS) is 17.9. The average molecular weight is 332 g/mol. The molecule has 0 spiro atoms. The van der Waals surface area contributed by atoms with Crippen LogP contribution in [-0.2, 0) is 0 Å². The highest BCUT2D eigenvalue weighted by atomic mass is 79.9. The topological polar surface area (TPSA) is 15.3 Å². The molecule has 0 unspecified atom stereocenters. The summed E-state index contributed by atoms with van der Waals surface area (Å²) in [6.45, 7) is 5.85. The Morgan fingerprint density at radius 1 is 1.39 bits per heavy atom. The Balaban J connectivity index is 1.89. The van der Waals surface area contributed by atoms with Crippen molar-refractivity contribution in [1.82, 2.24) is 4.90 Å². The Bertz CT molecular complexity index is 389. The second-order valence-corrected chi connectivity index (χ2v) is 6.21. The number of benzene rings is 1. The van der Waals surface area contributed by atoms with Crippen LogP contribution in [0.3, 0.4) is 0 Å². The molecule has 0 bridgehead atoms. The van der Waals surface area contributed by atoms with Crippen LogP contribution in [0.4, 0.5) is 5.69 Å². The summed E-state index contributed by atoms with van der Waals surface area (Å²) in [4.78, 5) is 2.54. The molecule has 4 heteroatoms. The van der Waals surface area contributed by atoms with Crippen molar-refractivity contribution in [2.45, 2.75) is 32.2 Å². The summed E-state index contributed by atoms with van der Waals surface area (Å²) >= 11 is 9.68. The van der Waals surface area contributed by atoms with Gasteiger partial charge in [-0.25, -0.2) is 0 Å². The third-order valence-electron chi connectivity index (χ3n) is 3.42. The van der Waals surface area contributed by atoms with Gasteiger partial charge < -0.3 is 10.2 Å². The quantitative estimate of drug-likeness (QED) is 0.880. The van der Waals surface area contributed by atoms with E-state index in [1.165, 1.54) is 38.9 Å². The predicted molar refractivity (Wildman–Crippen MR) is 82.5 cm³/mol. The number of piperidine rings is 1. The third kappa shape index (κ3) is 3.87. The lowest BCUT2D eigenvalue weighted by Crippen LogP contribution is -2.39. The first-order valence-electron chi connectivity index (χ1n) is 6.63. The predicted octanol–water partition coefficient (Wildman–Crippen LogP) is 4.39. The number of hydrogen-bond acceptors (Lipinski definition) is 2. The largest absolute Gasteiger partial charge is 0.381 e. The van der Waals surface area contributed by atoms with Gasteiger partial charge in [0.25, 0.3) is 0 Å². The van der Waals surface area contributed by atoms with Gasteiger partial charge >= 0.3 is 0 Å². The molecule has 1 fully saturated rings. The zero-order chi connectivity index (χ0) is 13.0. The lowest BCUT2D eigenvalue weighted by Gasteiger charge is -2.32. The Morgan fingerprint density at radius 2 is 2.11 bits per heavy atom. The molecule has 18 heavy (non-hydrogen) atoms. The van der Waals surface area contributed by atoms with E-state index in [9.17, 15) is 0 Å². The monoisotopic (exact) mass is 330 g/mol. The summed E-state index contributed by atoms with van der Waals surface area (Å²) in [5, 5.41) is 4.36. The first-order valence-corrected chi connectivity index (χ1v) is 7.80. The van der Waals surface area contributed by atoms with E-state index in [-0.39, 0.29) is 0 Å². The van der Waals surface area contributed by atoms with Crippen LogP contribution in [0, 0.1) is 0 Å². The van der Waals surface area contributed by atoms with Gasteiger partial charge in [-0.3, -0.25) is 0 Å². The molecule has 1 aromatic rings. The smallest absolute Gasteiger partial charge is 0.0638 e. The van der Waals surface area contributed by atoms with Crippen LogP contribution in [0.15, 0.2) is 22.7 Å². The van der Waals surface area contributed by atoms with E-state index in [4.69, 9.17) is 11.6 Å². The van der Waals surface area contributed by atoms with E-state index in [1.54, 1.807) is 0 Å². The average Bonchev–Trinajstić information content (AvgIpc) is 2.37. The van der Waals surface area contributed by atoms with Crippen molar-refractivity contribution >= 4 is 33.2 Å². The zero-order valence-corrected chi connectivity index (χ0v) is 13.1. The molecule has 0 aromatic heterocycles. The van der Waals surface area contributed by atoms with Crippen molar-refractivity contribution in [2.24, 2.45) is 0 Å². The van der Waals surface area contributed by atoms with Crippen molar-refractivity contribution in [3.05, 3.63) is 27.7 Å².